The van der Waals surface area contributed by atoms with Gasteiger partial charge >= 0.3 is 0 Å². The van der Waals surface area contributed by atoms with E-state index in [1.165, 1.54) is 11.8 Å². The van der Waals surface area contributed by atoms with Crippen LogP contribution in [0.3, 0.4) is 0 Å². The Labute approximate surface area is 189 Å². The van der Waals surface area contributed by atoms with E-state index in [4.69, 9.17) is 4.74 Å². The number of halogens is 2. The van der Waals surface area contributed by atoms with E-state index in [1.807, 2.05) is 54.1 Å². The summed E-state index contributed by atoms with van der Waals surface area (Å²) in [5.74, 6) is 1.32. The molecule has 1 N–H and O–H groups in total. The summed E-state index contributed by atoms with van der Waals surface area (Å²) < 4.78 is 8.99. The van der Waals surface area contributed by atoms with Crippen molar-refractivity contribution < 1.29 is 9.53 Å². The molecule has 1 aromatic heterocycles. The molecule has 0 unspecified atom stereocenters. The number of hydrazone groups is 1. The maximum Gasteiger partial charge on any atom is 0.250 e. The second-order valence-electron chi connectivity index (χ2n) is 5.84. The predicted molar refractivity (Wildman–Crippen MR) is 121 cm³/mol. The van der Waals surface area contributed by atoms with Crippen molar-refractivity contribution in [1.82, 2.24) is 20.2 Å². The van der Waals surface area contributed by atoms with Gasteiger partial charge in [0.2, 0.25) is 0 Å². The summed E-state index contributed by atoms with van der Waals surface area (Å²) in [5.41, 5.74) is 4.21. The van der Waals surface area contributed by atoms with Gasteiger partial charge in [0.1, 0.15) is 5.75 Å². The van der Waals surface area contributed by atoms with E-state index in [9.17, 15) is 4.79 Å². The van der Waals surface area contributed by atoms with E-state index in [0.717, 1.165) is 25.9 Å². The van der Waals surface area contributed by atoms with Crippen LogP contribution in [-0.4, -0.2) is 39.7 Å². The highest BCUT2D eigenvalue weighted by Crippen LogP contribution is 2.25. The molecule has 0 bridgehead atoms. The average Bonchev–Trinajstić information content (AvgIpc) is 3.07. The van der Waals surface area contributed by atoms with Crippen molar-refractivity contribution in [3.05, 3.63) is 57.0 Å². The van der Waals surface area contributed by atoms with E-state index in [1.54, 1.807) is 13.3 Å². The molecular formula is C19H17Br2N5O2S. The Bertz CT molecular complexity index is 1050. The van der Waals surface area contributed by atoms with Crippen LogP contribution in [0.15, 0.2) is 61.7 Å². The second-order valence-corrected chi connectivity index (χ2v) is 8.62. The highest BCUT2D eigenvalue weighted by atomic mass is 79.9. The van der Waals surface area contributed by atoms with E-state index in [2.05, 4.69) is 52.6 Å². The van der Waals surface area contributed by atoms with Gasteiger partial charge in [-0.3, -0.25) is 4.79 Å². The van der Waals surface area contributed by atoms with Gasteiger partial charge in [-0.2, -0.15) is 5.10 Å². The van der Waals surface area contributed by atoms with E-state index >= 15 is 0 Å². The number of hydrogen-bond acceptors (Lipinski definition) is 6. The molecule has 2 aromatic carbocycles. The van der Waals surface area contributed by atoms with Crippen molar-refractivity contribution in [3.63, 3.8) is 0 Å². The van der Waals surface area contributed by atoms with E-state index in [0.29, 0.717) is 10.9 Å². The molecule has 1 amide bonds. The fourth-order valence-corrected chi connectivity index (χ4v) is 3.94. The summed E-state index contributed by atoms with van der Waals surface area (Å²) in [5, 5.41) is 13.0. The Morgan fingerprint density at radius 3 is 2.79 bits per heavy atom. The summed E-state index contributed by atoms with van der Waals surface area (Å²) >= 11 is 8.15. The van der Waals surface area contributed by atoms with Crippen molar-refractivity contribution in [1.29, 1.82) is 0 Å². The molecule has 7 nitrogen and oxygen atoms in total. The Morgan fingerprint density at radius 1 is 1.24 bits per heavy atom. The van der Waals surface area contributed by atoms with E-state index in [-0.39, 0.29) is 11.7 Å². The van der Waals surface area contributed by atoms with Gasteiger partial charge in [0.25, 0.3) is 5.91 Å². The number of thioether (sulfide) groups is 1. The van der Waals surface area contributed by atoms with Crippen molar-refractivity contribution >= 4 is 55.7 Å². The number of nitrogens with one attached hydrogen (secondary N) is 1. The summed E-state index contributed by atoms with van der Waals surface area (Å²) in [4.78, 5) is 12.1. The third kappa shape index (κ3) is 5.68. The Morgan fingerprint density at radius 2 is 2.03 bits per heavy atom. The second kappa shape index (κ2) is 10.0. The lowest BCUT2D eigenvalue weighted by atomic mass is 10.2. The summed E-state index contributed by atoms with van der Waals surface area (Å²) in [6, 6.07) is 13.4. The molecule has 29 heavy (non-hydrogen) atoms. The molecule has 0 aliphatic heterocycles. The van der Waals surface area contributed by atoms with E-state index < -0.39 is 0 Å². The van der Waals surface area contributed by atoms with Crippen molar-refractivity contribution in [2.45, 2.75) is 5.16 Å². The van der Waals surface area contributed by atoms with Gasteiger partial charge in [-0.25, -0.2) is 5.43 Å². The van der Waals surface area contributed by atoms with Gasteiger partial charge in [-0.05, 0) is 30.3 Å². The topological polar surface area (TPSA) is 81.4 Å². The van der Waals surface area contributed by atoms with Crippen LogP contribution < -0.4 is 10.2 Å². The Kier molecular flexibility index (Phi) is 7.45. The first-order valence-electron chi connectivity index (χ1n) is 8.41. The van der Waals surface area contributed by atoms with Crippen LogP contribution in [0, 0.1) is 0 Å². The lowest BCUT2D eigenvalue weighted by Gasteiger charge is -2.05. The molecule has 10 heteroatoms. The SMILES string of the molecule is COc1ccc(Br)cc1C=NNC(=O)CSc1nnc(-c2cccc(Br)c2)n1C. The summed E-state index contributed by atoms with van der Waals surface area (Å²) in [7, 11) is 3.45. The van der Waals surface area contributed by atoms with Gasteiger partial charge < -0.3 is 9.30 Å². The molecule has 3 aromatic rings. The molecule has 150 valence electrons. The number of amides is 1. The fraction of sp³-hybridized carbons (Fsp3) is 0.158. The van der Waals surface area contributed by atoms with Crippen LogP contribution in [0.1, 0.15) is 5.56 Å². The molecule has 0 saturated carbocycles. The highest BCUT2D eigenvalue weighted by Gasteiger charge is 2.13. The largest absolute Gasteiger partial charge is 0.496 e. The summed E-state index contributed by atoms with van der Waals surface area (Å²) in [6.07, 6.45) is 1.54. The fourth-order valence-electron chi connectivity index (χ4n) is 2.46. The number of hydrogen-bond donors (Lipinski definition) is 1. The van der Waals surface area contributed by atoms with Crippen LogP contribution >= 0.6 is 43.6 Å². The monoisotopic (exact) mass is 537 g/mol. The lowest BCUT2D eigenvalue weighted by Crippen LogP contribution is -2.20. The maximum absolute atomic E-state index is 12.1. The number of benzene rings is 2. The lowest BCUT2D eigenvalue weighted by molar-refractivity contribution is -0.118. The zero-order valence-corrected chi connectivity index (χ0v) is 19.6. The molecule has 0 saturated heterocycles. The Balaban J connectivity index is 1.58. The van der Waals surface area contributed by atoms with Gasteiger partial charge in [-0.1, -0.05) is 55.8 Å². The number of nitrogens with zero attached hydrogens (tertiary/aromatic N) is 4. The van der Waals surface area contributed by atoms with Crippen LogP contribution in [-0.2, 0) is 11.8 Å². The van der Waals surface area contributed by atoms with Crippen molar-refractivity contribution in [2.24, 2.45) is 12.1 Å². The molecular weight excluding hydrogens is 522 g/mol. The maximum atomic E-state index is 12.1. The minimum absolute atomic E-state index is 0.164. The molecule has 0 aliphatic carbocycles. The predicted octanol–water partition coefficient (Wildman–Crippen LogP) is 4.26. The zero-order chi connectivity index (χ0) is 20.8. The number of rotatable bonds is 7. The molecule has 0 aliphatic rings. The third-order valence-electron chi connectivity index (χ3n) is 3.83. The number of ether oxygens (including phenoxy) is 1. The smallest absolute Gasteiger partial charge is 0.250 e. The molecule has 0 radical (unpaired) electrons. The van der Waals surface area contributed by atoms with Gasteiger partial charge in [-0.15, -0.1) is 10.2 Å². The zero-order valence-electron chi connectivity index (χ0n) is 15.6. The first-order valence-corrected chi connectivity index (χ1v) is 11.0. The van der Waals surface area contributed by atoms with Crippen molar-refractivity contribution in [2.75, 3.05) is 12.9 Å². The minimum Gasteiger partial charge on any atom is -0.496 e. The molecule has 0 atom stereocenters. The highest BCUT2D eigenvalue weighted by molar-refractivity contribution is 9.10. The Hall–Kier alpha value is -2.17. The molecule has 0 spiro atoms. The van der Waals surface area contributed by atoms with Crippen LogP contribution in [0.5, 0.6) is 5.75 Å². The number of methoxy groups -OCH3 is 1. The molecule has 1 heterocycles. The van der Waals surface area contributed by atoms with Gasteiger partial charge in [0.15, 0.2) is 11.0 Å². The molecule has 3 rings (SSSR count). The van der Waals surface area contributed by atoms with Crippen molar-refractivity contribution in [3.8, 4) is 17.1 Å². The van der Waals surface area contributed by atoms with Crippen LogP contribution in [0.25, 0.3) is 11.4 Å². The van der Waals surface area contributed by atoms with Crippen LogP contribution in [0.4, 0.5) is 0 Å². The first-order chi connectivity index (χ1) is 14.0. The van der Waals surface area contributed by atoms with Gasteiger partial charge in [0, 0.05) is 27.1 Å². The number of carbonyl (C=O) groups is 1. The number of aromatic nitrogens is 3. The quantitative estimate of drug-likeness (QED) is 0.276. The normalized spacial score (nSPS) is 11.0. The average molecular weight is 539 g/mol. The number of carbonyl (C=O) groups excluding carboxylic acids is 1. The van der Waals surface area contributed by atoms with Crippen LogP contribution in [0.2, 0.25) is 0 Å². The summed E-state index contributed by atoms with van der Waals surface area (Å²) in [6.45, 7) is 0. The minimum atomic E-state index is -0.243. The third-order valence-corrected chi connectivity index (χ3v) is 5.84. The molecule has 0 fully saturated rings. The van der Waals surface area contributed by atoms with Gasteiger partial charge in [0.05, 0.1) is 19.1 Å². The first kappa shape index (κ1) is 21.5. The standard InChI is InChI=1S/C19H17Br2N5O2S/c1-26-18(12-4-3-5-14(20)8-12)24-25-19(26)29-11-17(27)23-22-10-13-9-15(21)6-7-16(13)28-2/h3-10H,11H2,1-2H3,(H,23,27).